The first-order valence-electron chi connectivity index (χ1n) is 5.02. The summed E-state index contributed by atoms with van der Waals surface area (Å²) in [5.74, 6) is -0.917. The highest BCUT2D eigenvalue weighted by molar-refractivity contribution is 5.86. The number of hydrogen-bond donors (Lipinski definition) is 1. The Morgan fingerprint density at radius 1 is 1.47 bits per heavy atom. The number of carbonyl (C=O) groups excluding carboxylic acids is 1. The van der Waals surface area contributed by atoms with Gasteiger partial charge in [-0.2, -0.15) is 4.39 Å². The van der Waals surface area contributed by atoms with Gasteiger partial charge in [0.2, 0.25) is 0 Å². The predicted octanol–water partition coefficient (Wildman–Crippen LogP) is 2.58. The molecule has 94 valence electrons. The van der Waals surface area contributed by atoms with Gasteiger partial charge in [-0.15, -0.1) is 0 Å². The van der Waals surface area contributed by atoms with Crippen molar-refractivity contribution in [1.29, 1.82) is 0 Å². The van der Waals surface area contributed by atoms with Gasteiger partial charge in [-0.3, -0.25) is 5.32 Å². The molecule has 17 heavy (non-hydrogen) atoms. The van der Waals surface area contributed by atoms with Gasteiger partial charge in [0.05, 0.1) is 12.8 Å². The average Bonchev–Trinajstić information content (AvgIpc) is 2.14. The SMILES string of the molecule is COc1c(NC(=O)OC(C)(C)C)ccnc1F. The molecule has 0 aliphatic heterocycles. The number of methoxy groups -OCH3 is 1. The molecular formula is C11H15FN2O3. The molecular weight excluding hydrogens is 227 g/mol. The van der Waals surface area contributed by atoms with Crippen LogP contribution in [0.25, 0.3) is 0 Å². The molecule has 0 atom stereocenters. The third-order valence-electron chi connectivity index (χ3n) is 1.70. The average molecular weight is 242 g/mol. The second kappa shape index (κ2) is 4.99. The fraction of sp³-hybridized carbons (Fsp3) is 0.455. The third kappa shape index (κ3) is 3.90. The van der Waals surface area contributed by atoms with Gasteiger partial charge >= 0.3 is 6.09 Å². The zero-order valence-corrected chi connectivity index (χ0v) is 10.2. The van der Waals surface area contributed by atoms with Crippen molar-refractivity contribution in [1.82, 2.24) is 4.98 Å². The summed E-state index contributed by atoms with van der Waals surface area (Å²) in [6, 6.07) is 1.42. The van der Waals surface area contributed by atoms with E-state index in [0.717, 1.165) is 0 Å². The summed E-state index contributed by atoms with van der Waals surface area (Å²) in [5.41, 5.74) is -0.447. The summed E-state index contributed by atoms with van der Waals surface area (Å²) in [6.07, 6.45) is 0.547. The maximum Gasteiger partial charge on any atom is 0.412 e. The Bertz CT molecular complexity index is 416. The van der Waals surface area contributed by atoms with Crippen molar-refractivity contribution in [2.45, 2.75) is 26.4 Å². The number of halogens is 1. The smallest absolute Gasteiger partial charge is 0.412 e. The summed E-state index contributed by atoms with van der Waals surface area (Å²) in [5, 5.41) is 2.39. The molecule has 1 aromatic heterocycles. The van der Waals surface area contributed by atoms with E-state index in [4.69, 9.17) is 9.47 Å². The Hall–Kier alpha value is -1.85. The lowest BCUT2D eigenvalue weighted by atomic mass is 10.2. The van der Waals surface area contributed by atoms with Crippen LogP contribution in [0, 0.1) is 5.95 Å². The summed E-state index contributed by atoms with van der Waals surface area (Å²) in [6.45, 7) is 5.20. The number of nitrogens with zero attached hydrogens (tertiary/aromatic N) is 1. The Balaban J connectivity index is 2.82. The van der Waals surface area contributed by atoms with Crippen molar-refractivity contribution in [3.05, 3.63) is 18.2 Å². The molecule has 1 rings (SSSR count). The zero-order chi connectivity index (χ0) is 13.1. The van der Waals surface area contributed by atoms with Gasteiger partial charge in [-0.25, -0.2) is 9.78 Å². The molecule has 0 spiro atoms. The van der Waals surface area contributed by atoms with Gasteiger partial charge in [0.1, 0.15) is 5.60 Å². The van der Waals surface area contributed by atoms with Gasteiger partial charge in [0.25, 0.3) is 5.95 Å². The van der Waals surface area contributed by atoms with E-state index in [-0.39, 0.29) is 11.4 Å². The molecule has 0 fully saturated rings. The Morgan fingerprint density at radius 2 is 2.12 bits per heavy atom. The summed E-state index contributed by atoms with van der Waals surface area (Å²) >= 11 is 0. The number of rotatable bonds is 2. The molecule has 0 saturated carbocycles. The van der Waals surface area contributed by atoms with Gasteiger partial charge in [0, 0.05) is 6.20 Å². The first kappa shape index (κ1) is 13.2. The summed E-state index contributed by atoms with van der Waals surface area (Å²) in [4.78, 5) is 14.9. The highest BCUT2D eigenvalue weighted by atomic mass is 19.1. The number of ether oxygens (including phenoxy) is 2. The van der Waals surface area contributed by atoms with Gasteiger partial charge in [-0.1, -0.05) is 0 Å². The molecule has 0 aromatic carbocycles. The van der Waals surface area contributed by atoms with Crippen molar-refractivity contribution < 1.29 is 18.7 Å². The van der Waals surface area contributed by atoms with E-state index < -0.39 is 17.6 Å². The van der Waals surface area contributed by atoms with Gasteiger partial charge in [-0.05, 0) is 26.8 Å². The molecule has 0 radical (unpaired) electrons. The maximum absolute atomic E-state index is 13.2. The van der Waals surface area contributed by atoms with Crippen LogP contribution < -0.4 is 10.1 Å². The van der Waals surface area contributed by atoms with Crippen molar-refractivity contribution >= 4 is 11.8 Å². The lowest BCUT2D eigenvalue weighted by Crippen LogP contribution is -2.27. The predicted molar refractivity (Wildman–Crippen MR) is 60.6 cm³/mol. The van der Waals surface area contributed by atoms with E-state index in [9.17, 15) is 9.18 Å². The van der Waals surface area contributed by atoms with Crippen LogP contribution in [0.4, 0.5) is 14.9 Å². The van der Waals surface area contributed by atoms with Gasteiger partial charge in [0.15, 0.2) is 5.75 Å². The number of aromatic nitrogens is 1. The van der Waals surface area contributed by atoms with E-state index in [2.05, 4.69) is 10.3 Å². The number of nitrogens with one attached hydrogen (secondary N) is 1. The van der Waals surface area contributed by atoms with Crippen LogP contribution in [-0.4, -0.2) is 23.8 Å². The van der Waals surface area contributed by atoms with Crippen LogP contribution in [0.3, 0.4) is 0 Å². The van der Waals surface area contributed by atoms with Crippen LogP contribution in [0.1, 0.15) is 20.8 Å². The van der Waals surface area contributed by atoms with Crippen LogP contribution in [-0.2, 0) is 4.74 Å². The molecule has 1 aromatic rings. The fourth-order valence-electron chi connectivity index (χ4n) is 1.13. The van der Waals surface area contributed by atoms with Crippen molar-refractivity contribution in [2.75, 3.05) is 12.4 Å². The van der Waals surface area contributed by atoms with Crippen molar-refractivity contribution in [2.24, 2.45) is 0 Å². The number of hydrogen-bond acceptors (Lipinski definition) is 4. The molecule has 1 amide bonds. The topological polar surface area (TPSA) is 60.5 Å². The first-order valence-corrected chi connectivity index (χ1v) is 5.02. The highest BCUT2D eigenvalue weighted by Crippen LogP contribution is 2.26. The number of anilines is 1. The molecule has 0 bridgehead atoms. The van der Waals surface area contributed by atoms with Crippen LogP contribution in [0.15, 0.2) is 12.3 Å². The lowest BCUT2D eigenvalue weighted by molar-refractivity contribution is 0.0635. The van der Waals surface area contributed by atoms with Crippen LogP contribution >= 0.6 is 0 Å². The van der Waals surface area contributed by atoms with E-state index in [1.165, 1.54) is 19.4 Å². The molecule has 1 N–H and O–H groups in total. The van der Waals surface area contributed by atoms with E-state index in [1.54, 1.807) is 20.8 Å². The molecule has 0 aliphatic rings. The second-order valence-corrected chi connectivity index (χ2v) is 4.31. The normalized spacial score (nSPS) is 10.9. The quantitative estimate of drug-likeness (QED) is 0.810. The Labute approximate surface area is 98.9 Å². The van der Waals surface area contributed by atoms with Crippen molar-refractivity contribution in [3.8, 4) is 5.75 Å². The van der Waals surface area contributed by atoms with E-state index in [0.29, 0.717) is 0 Å². The van der Waals surface area contributed by atoms with Crippen LogP contribution in [0.5, 0.6) is 5.75 Å². The maximum atomic E-state index is 13.2. The number of amides is 1. The molecule has 1 heterocycles. The molecule has 0 saturated heterocycles. The monoisotopic (exact) mass is 242 g/mol. The zero-order valence-electron chi connectivity index (χ0n) is 10.2. The molecule has 0 aliphatic carbocycles. The first-order chi connectivity index (χ1) is 7.83. The van der Waals surface area contributed by atoms with Crippen LogP contribution in [0.2, 0.25) is 0 Å². The highest BCUT2D eigenvalue weighted by Gasteiger charge is 2.18. The largest absolute Gasteiger partial charge is 0.490 e. The fourth-order valence-corrected chi connectivity index (χ4v) is 1.13. The lowest BCUT2D eigenvalue weighted by Gasteiger charge is -2.20. The minimum absolute atomic E-state index is 0.127. The summed E-state index contributed by atoms with van der Waals surface area (Å²) in [7, 11) is 1.29. The Morgan fingerprint density at radius 3 is 2.65 bits per heavy atom. The minimum atomic E-state index is -0.791. The number of pyridine rings is 1. The van der Waals surface area contributed by atoms with E-state index in [1.807, 2.05) is 0 Å². The van der Waals surface area contributed by atoms with Gasteiger partial charge < -0.3 is 9.47 Å². The second-order valence-electron chi connectivity index (χ2n) is 4.31. The third-order valence-corrected chi connectivity index (χ3v) is 1.70. The summed E-state index contributed by atoms with van der Waals surface area (Å²) < 4.78 is 23.0. The molecule has 6 heteroatoms. The Kier molecular flexibility index (Phi) is 3.88. The number of carbonyl (C=O) groups is 1. The van der Waals surface area contributed by atoms with E-state index >= 15 is 0 Å². The van der Waals surface area contributed by atoms with Crippen molar-refractivity contribution in [3.63, 3.8) is 0 Å². The molecule has 0 unspecified atom stereocenters. The standard InChI is InChI=1S/C11H15FN2O3/c1-11(2,3)17-10(15)14-7-5-6-13-9(12)8(7)16-4/h5-6H,1-4H3,(H,13,14,15). The molecule has 5 nitrogen and oxygen atoms in total. The minimum Gasteiger partial charge on any atom is -0.490 e.